The lowest BCUT2D eigenvalue weighted by atomic mass is 10.0. The van der Waals surface area contributed by atoms with Gasteiger partial charge in [0.25, 0.3) is 11.5 Å². The molecule has 10 nitrogen and oxygen atoms in total. The number of carbonyl (C=O) groups is 1. The number of aliphatic hydroxyl groups excluding tert-OH is 2. The average molecular weight is 609 g/mol. The summed E-state index contributed by atoms with van der Waals surface area (Å²) in [5.41, 5.74) is 5.91. The summed E-state index contributed by atoms with van der Waals surface area (Å²) in [6.07, 6.45) is 3.91. The highest BCUT2D eigenvalue weighted by atomic mass is 35.5. The SMILES string of the molecule is C=C(Cl)/C=C\C(=C/N)C(=O)Nc1ccc(C)c(-c2nc(NC(CO)CO)nc3c2ccc(=O)n3-c2c(F)cccc2F)c1. The number of benzene rings is 2. The first-order valence-corrected chi connectivity index (χ1v) is 13.2. The Morgan fingerprint density at radius 2 is 1.81 bits per heavy atom. The van der Waals surface area contributed by atoms with Gasteiger partial charge in [0.05, 0.1) is 30.5 Å². The van der Waals surface area contributed by atoms with Crippen LogP contribution >= 0.6 is 11.6 Å². The molecule has 222 valence electrons. The fraction of sp³-hybridized carbons (Fsp3) is 0.133. The van der Waals surface area contributed by atoms with Crippen molar-refractivity contribution in [3.05, 3.63) is 112 Å². The van der Waals surface area contributed by atoms with Crippen molar-refractivity contribution >= 4 is 40.2 Å². The maximum absolute atomic E-state index is 14.9. The van der Waals surface area contributed by atoms with Crippen LogP contribution in [0.3, 0.4) is 0 Å². The molecule has 2 aromatic carbocycles. The third-order valence-electron chi connectivity index (χ3n) is 6.32. The van der Waals surface area contributed by atoms with Crippen LogP contribution in [0.5, 0.6) is 0 Å². The van der Waals surface area contributed by atoms with Gasteiger partial charge in [-0.05, 0) is 55.0 Å². The second-order valence-corrected chi connectivity index (χ2v) is 9.79. The summed E-state index contributed by atoms with van der Waals surface area (Å²) >= 11 is 5.75. The molecule has 4 rings (SSSR count). The monoisotopic (exact) mass is 608 g/mol. The third-order valence-corrected chi connectivity index (χ3v) is 6.45. The Hall–Kier alpha value is -4.91. The number of fused-ring (bicyclic) bond motifs is 1. The first kappa shape index (κ1) is 31.0. The Balaban J connectivity index is 1.95. The van der Waals surface area contributed by atoms with Crippen LogP contribution in [-0.2, 0) is 4.79 Å². The molecule has 2 heterocycles. The lowest BCUT2D eigenvalue weighted by molar-refractivity contribution is -0.112. The Morgan fingerprint density at radius 3 is 2.44 bits per heavy atom. The van der Waals surface area contributed by atoms with E-state index in [0.29, 0.717) is 16.8 Å². The molecule has 0 spiro atoms. The lowest BCUT2D eigenvalue weighted by Gasteiger charge is -2.18. The van der Waals surface area contributed by atoms with Crippen molar-refractivity contribution in [2.24, 2.45) is 5.73 Å². The molecular weight excluding hydrogens is 582 g/mol. The molecule has 0 radical (unpaired) electrons. The number of hydrogen-bond donors (Lipinski definition) is 5. The molecule has 43 heavy (non-hydrogen) atoms. The summed E-state index contributed by atoms with van der Waals surface area (Å²) in [5, 5.41) is 25.2. The Bertz CT molecular complexity index is 1820. The van der Waals surface area contributed by atoms with E-state index in [1.807, 2.05) is 0 Å². The first-order chi connectivity index (χ1) is 20.6. The Labute approximate surface area is 249 Å². The lowest BCUT2D eigenvalue weighted by Crippen LogP contribution is -2.29. The molecule has 0 bridgehead atoms. The standard InChI is InChI=1S/C30H27ClF2N6O4/c1-16-6-9-19(35-29(43)18(13-34)8-7-17(2)31)12-22(16)26-21-10-11-25(42)39(27-23(32)4-3-5-24(27)33)28(21)38-30(37-26)36-20(14-40)15-41/h3-13,20,40-41H,2,14-15,34H2,1H3,(H,35,43)(H,36,37,38)/b8-7-,18-13+. The number of nitrogens with two attached hydrogens (primary N) is 1. The molecule has 0 fully saturated rings. The summed E-state index contributed by atoms with van der Waals surface area (Å²) in [5.74, 6) is -2.67. The zero-order valence-electron chi connectivity index (χ0n) is 22.8. The number of amides is 1. The van der Waals surface area contributed by atoms with Gasteiger partial charge >= 0.3 is 0 Å². The van der Waals surface area contributed by atoms with E-state index in [1.165, 1.54) is 24.3 Å². The summed E-state index contributed by atoms with van der Waals surface area (Å²) in [4.78, 5) is 34.8. The van der Waals surface area contributed by atoms with Crippen LogP contribution in [0.1, 0.15) is 5.56 Å². The minimum absolute atomic E-state index is 0.109. The summed E-state index contributed by atoms with van der Waals surface area (Å²) in [6.45, 7) is 4.34. The summed E-state index contributed by atoms with van der Waals surface area (Å²) in [7, 11) is 0. The number of hydrogen-bond acceptors (Lipinski definition) is 8. The molecule has 0 unspecified atom stereocenters. The van der Waals surface area contributed by atoms with Gasteiger partial charge in [-0.25, -0.2) is 13.8 Å². The van der Waals surface area contributed by atoms with Gasteiger partial charge in [0, 0.05) is 33.9 Å². The van der Waals surface area contributed by atoms with E-state index < -0.39 is 48.0 Å². The highest BCUT2D eigenvalue weighted by Gasteiger charge is 2.21. The van der Waals surface area contributed by atoms with Gasteiger partial charge in [0.2, 0.25) is 5.95 Å². The number of aromatic nitrogens is 3. The normalized spacial score (nSPS) is 11.8. The van der Waals surface area contributed by atoms with E-state index in [1.54, 1.807) is 25.1 Å². The Morgan fingerprint density at radius 1 is 1.12 bits per heavy atom. The molecule has 1 amide bonds. The molecule has 0 saturated carbocycles. The van der Waals surface area contributed by atoms with Crippen molar-refractivity contribution in [3.63, 3.8) is 0 Å². The van der Waals surface area contributed by atoms with Crippen LogP contribution in [0.25, 0.3) is 28.0 Å². The van der Waals surface area contributed by atoms with Crippen molar-refractivity contribution < 1.29 is 23.8 Å². The number of allylic oxidation sites excluding steroid dienone is 2. The molecule has 0 atom stereocenters. The number of carbonyl (C=O) groups excluding carboxylic acids is 1. The quantitative estimate of drug-likeness (QED) is 0.134. The first-order valence-electron chi connectivity index (χ1n) is 12.8. The van der Waals surface area contributed by atoms with E-state index in [0.717, 1.165) is 29.0 Å². The maximum Gasteiger partial charge on any atom is 0.257 e. The summed E-state index contributed by atoms with van der Waals surface area (Å²) in [6, 6.07) is 9.84. The number of para-hydroxylation sites is 1. The van der Waals surface area contributed by atoms with E-state index in [9.17, 15) is 28.6 Å². The van der Waals surface area contributed by atoms with Crippen LogP contribution in [0, 0.1) is 18.6 Å². The summed E-state index contributed by atoms with van der Waals surface area (Å²) < 4.78 is 30.6. The molecule has 0 saturated heterocycles. The van der Waals surface area contributed by atoms with Crippen molar-refractivity contribution in [1.29, 1.82) is 0 Å². The largest absolute Gasteiger partial charge is 0.404 e. The number of halogens is 3. The predicted molar refractivity (Wildman–Crippen MR) is 162 cm³/mol. The molecule has 2 aromatic heterocycles. The number of pyridine rings is 1. The topological polar surface area (TPSA) is 155 Å². The number of nitrogens with one attached hydrogen (secondary N) is 2. The molecule has 0 aliphatic carbocycles. The molecule has 4 aromatic rings. The zero-order chi connectivity index (χ0) is 31.3. The van der Waals surface area contributed by atoms with Crippen molar-refractivity contribution in [1.82, 2.24) is 14.5 Å². The number of aryl methyl sites for hydroxylation is 1. The van der Waals surface area contributed by atoms with E-state index in [2.05, 4.69) is 27.2 Å². The van der Waals surface area contributed by atoms with Crippen molar-refractivity contribution in [3.8, 4) is 16.9 Å². The molecular formula is C30H27ClF2N6O4. The highest BCUT2D eigenvalue weighted by molar-refractivity contribution is 6.30. The average Bonchev–Trinajstić information content (AvgIpc) is 2.97. The molecule has 0 aliphatic heterocycles. The smallest absolute Gasteiger partial charge is 0.257 e. The molecule has 13 heteroatoms. The van der Waals surface area contributed by atoms with Crippen LogP contribution in [0.15, 0.2) is 88.9 Å². The highest BCUT2D eigenvalue weighted by Crippen LogP contribution is 2.33. The van der Waals surface area contributed by atoms with Crippen molar-refractivity contribution in [2.75, 3.05) is 23.8 Å². The molecule has 0 aliphatic rings. The van der Waals surface area contributed by atoms with Crippen LogP contribution < -0.4 is 21.9 Å². The van der Waals surface area contributed by atoms with E-state index in [-0.39, 0.29) is 33.3 Å². The van der Waals surface area contributed by atoms with Gasteiger partial charge in [0.15, 0.2) is 5.65 Å². The van der Waals surface area contributed by atoms with Gasteiger partial charge in [-0.15, -0.1) is 0 Å². The van der Waals surface area contributed by atoms with Crippen molar-refractivity contribution in [2.45, 2.75) is 13.0 Å². The minimum atomic E-state index is -0.996. The number of nitrogens with zero attached hydrogens (tertiary/aromatic N) is 3. The molecule has 6 N–H and O–H groups in total. The number of rotatable bonds is 10. The zero-order valence-corrected chi connectivity index (χ0v) is 23.6. The van der Waals surface area contributed by atoms with Crippen LogP contribution in [0.2, 0.25) is 0 Å². The number of aliphatic hydroxyl groups is 2. The minimum Gasteiger partial charge on any atom is -0.404 e. The number of anilines is 2. The fourth-order valence-electron chi connectivity index (χ4n) is 4.18. The van der Waals surface area contributed by atoms with Crippen LogP contribution in [0.4, 0.5) is 20.4 Å². The predicted octanol–water partition coefficient (Wildman–Crippen LogP) is 3.89. The Kier molecular flexibility index (Phi) is 9.66. The second kappa shape index (κ2) is 13.4. The fourth-order valence-corrected chi connectivity index (χ4v) is 4.24. The van der Waals surface area contributed by atoms with E-state index in [4.69, 9.17) is 17.3 Å². The van der Waals surface area contributed by atoms with Gasteiger partial charge in [-0.1, -0.05) is 30.3 Å². The maximum atomic E-state index is 14.9. The second-order valence-electron chi connectivity index (χ2n) is 9.30. The van der Waals surface area contributed by atoms with Crippen LogP contribution in [-0.4, -0.2) is 49.9 Å². The third kappa shape index (κ3) is 6.78. The van der Waals surface area contributed by atoms with Gasteiger partial charge < -0.3 is 26.6 Å². The van der Waals surface area contributed by atoms with Gasteiger partial charge in [-0.3, -0.25) is 14.2 Å². The van der Waals surface area contributed by atoms with E-state index >= 15 is 0 Å². The van der Waals surface area contributed by atoms with Gasteiger partial charge in [-0.2, -0.15) is 4.98 Å². The van der Waals surface area contributed by atoms with Gasteiger partial charge in [0.1, 0.15) is 17.3 Å².